The molecule has 1 aromatic rings. The summed E-state index contributed by atoms with van der Waals surface area (Å²) in [6, 6.07) is 8.98. The van der Waals surface area contributed by atoms with E-state index in [4.69, 9.17) is 5.73 Å². The standard InChI is InChI=1S/C19H34N4/c1-15(2)14-22-9-11-23(12-10-22)18-7-5-17(6-8-18)21-13-19(20)16(3)4/h5-8,15-16,19,21H,9-14,20H2,1-4H3. The van der Waals surface area contributed by atoms with E-state index in [1.54, 1.807) is 0 Å². The van der Waals surface area contributed by atoms with E-state index in [0.717, 1.165) is 31.2 Å². The molecule has 23 heavy (non-hydrogen) atoms. The van der Waals surface area contributed by atoms with Crippen molar-refractivity contribution in [2.24, 2.45) is 17.6 Å². The van der Waals surface area contributed by atoms with Crippen molar-refractivity contribution < 1.29 is 0 Å². The first-order valence-electron chi connectivity index (χ1n) is 9.02. The molecule has 0 aromatic heterocycles. The summed E-state index contributed by atoms with van der Waals surface area (Å²) >= 11 is 0. The van der Waals surface area contributed by atoms with Gasteiger partial charge in [-0.05, 0) is 36.1 Å². The molecule has 1 aliphatic rings. The van der Waals surface area contributed by atoms with E-state index in [0.29, 0.717) is 5.92 Å². The summed E-state index contributed by atoms with van der Waals surface area (Å²) in [6.45, 7) is 15.5. The molecule has 0 aliphatic carbocycles. The van der Waals surface area contributed by atoms with Gasteiger partial charge < -0.3 is 16.0 Å². The fourth-order valence-electron chi connectivity index (χ4n) is 2.97. The molecular formula is C19H34N4. The molecule has 0 saturated carbocycles. The maximum absolute atomic E-state index is 6.08. The minimum atomic E-state index is 0.198. The molecular weight excluding hydrogens is 284 g/mol. The zero-order valence-electron chi connectivity index (χ0n) is 15.3. The van der Waals surface area contributed by atoms with Crippen LogP contribution in [0.15, 0.2) is 24.3 Å². The second-order valence-electron chi connectivity index (χ2n) is 7.52. The first-order chi connectivity index (χ1) is 11.0. The highest BCUT2D eigenvalue weighted by molar-refractivity contribution is 5.55. The largest absolute Gasteiger partial charge is 0.383 e. The zero-order valence-corrected chi connectivity index (χ0v) is 15.3. The summed E-state index contributed by atoms with van der Waals surface area (Å²) in [5, 5.41) is 3.43. The number of nitrogens with two attached hydrogens (primary N) is 1. The minimum Gasteiger partial charge on any atom is -0.383 e. The van der Waals surface area contributed by atoms with Gasteiger partial charge in [-0.3, -0.25) is 4.90 Å². The third-order valence-corrected chi connectivity index (χ3v) is 4.63. The zero-order chi connectivity index (χ0) is 16.8. The Balaban J connectivity index is 1.81. The Bertz CT molecular complexity index is 447. The first kappa shape index (κ1) is 18.1. The maximum atomic E-state index is 6.08. The smallest absolute Gasteiger partial charge is 0.0368 e. The van der Waals surface area contributed by atoms with Gasteiger partial charge >= 0.3 is 0 Å². The molecule has 1 heterocycles. The monoisotopic (exact) mass is 318 g/mol. The van der Waals surface area contributed by atoms with E-state index in [1.165, 1.54) is 25.3 Å². The van der Waals surface area contributed by atoms with Gasteiger partial charge in [0.2, 0.25) is 0 Å². The van der Waals surface area contributed by atoms with Gasteiger partial charge in [0.05, 0.1) is 0 Å². The lowest BCUT2D eigenvalue weighted by Gasteiger charge is -2.36. The summed E-state index contributed by atoms with van der Waals surface area (Å²) in [7, 11) is 0. The Morgan fingerprint density at radius 2 is 1.61 bits per heavy atom. The van der Waals surface area contributed by atoms with Crippen molar-refractivity contribution in [1.29, 1.82) is 0 Å². The molecule has 1 saturated heterocycles. The van der Waals surface area contributed by atoms with Crippen LogP contribution in [-0.4, -0.2) is 50.2 Å². The van der Waals surface area contributed by atoms with Crippen LogP contribution in [0.2, 0.25) is 0 Å². The summed E-state index contributed by atoms with van der Waals surface area (Å²) in [5.74, 6) is 1.26. The van der Waals surface area contributed by atoms with Crippen LogP contribution in [0.4, 0.5) is 11.4 Å². The van der Waals surface area contributed by atoms with Crippen LogP contribution in [0.5, 0.6) is 0 Å². The van der Waals surface area contributed by atoms with Crippen molar-refractivity contribution in [3.8, 4) is 0 Å². The highest BCUT2D eigenvalue weighted by Gasteiger charge is 2.17. The maximum Gasteiger partial charge on any atom is 0.0368 e. The normalized spacial score (nSPS) is 17.8. The molecule has 1 fully saturated rings. The summed E-state index contributed by atoms with van der Waals surface area (Å²) in [6.07, 6.45) is 0. The number of anilines is 2. The number of piperazine rings is 1. The summed E-state index contributed by atoms with van der Waals surface area (Å²) in [5.41, 5.74) is 8.57. The highest BCUT2D eigenvalue weighted by atomic mass is 15.3. The summed E-state index contributed by atoms with van der Waals surface area (Å²) in [4.78, 5) is 5.06. The third kappa shape index (κ3) is 5.70. The molecule has 1 unspecified atom stereocenters. The Morgan fingerprint density at radius 1 is 1.00 bits per heavy atom. The molecule has 1 atom stereocenters. The van der Waals surface area contributed by atoms with E-state index >= 15 is 0 Å². The lowest BCUT2D eigenvalue weighted by molar-refractivity contribution is 0.231. The average molecular weight is 319 g/mol. The van der Waals surface area contributed by atoms with Gasteiger partial charge in [0.25, 0.3) is 0 Å². The molecule has 2 rings (SSSR count). The van der Waals surface area contributed by atoms with Gasteiger partial charge in [0.15, 0.2) is 0 Å². The van der Waals surface area contributed by atoms with Gasteiger partial charge in [0.1, 0.15) is 0 Å². The van der Waals surface area contributed by atoms with Gasteiger partial charge in [-0.2, -0.15) is 0 Å². The molecule has 1 aliphatic heterocycles. The topological polar surface area (TPSA) is 44.5 Å². The van der Waals surface area contributed by atoms with Gasteiger partial charge in [-0.1, -0.05) is 27.7 Å². The predicted molar refractivity (Wildman–Crippen MR) is 101 cm³/mol. The van der Waals surface area contributed by atoms with E-state index in [2.05, 4.69) is 67.1 Å². The van der Waals surface area contributed by atoms with Crippen molar-refractivity contribution in [2.75, 3.05) is 49.5 Å². The Morgan fingerprint density at radius 3 is 2.13 bits per heavy atom. The van der Waals surface area contributed by atoms with Crippen LogP contribution in [0.1, 0.15) is 27.7 Å². The quantitative estimate of drug-likeness (QED) is 0.811. The third-order valence-electron chi connectivity index (χ3n) is 4.63. The van der Waals surface area contributed by atoms with Crippen LogP contribution in [0.3, 0.4) is 0 Å². The number of hydrogen-bond donors (Lipinski definition) is 2. The van der Waals surface area contributed by atoms with Gasteiger partial charge in [-0.25, -0.2) is 0 Å². The van der Waals surface area contributed by atoms with Crippen molar-refractivity contribution in [3.63, 3.8) is 0 Å². The van der Waals surface area contributed by atoms with Crippen LogP contribution in [0, 0.1) is 11.8 Å². The Kier molecular flexibility index (Phi) is 6.72. The Labute approximate surface area is 142 Å². The molecule has 0 radical (unpaired) electrons. The number of rotatable bonds is 7. The predicted octanol–water partition coefficient (Wildman–Crippen LogP) is 2.86. The van der Waals surface area contributed by atoms with E-state index in [1.807, 2.05) is 0 Å². The average Bonchev–Trinajstić information content (AvgIpc) is 2.53. The number of nitrogens with one attached hydrogen (secondary N) is 1. The molecule has 130 valence electrons. The SMILES string of the molecule is CC(C)CN1CCN(c2ccc(NCC(N)C(C)C)cc2)CC1. The summed E-state index contributed by atoms with van der Waals surface area (Å²) < 4.78 is 0. The van der Waals surface area contributed by atoms with E-state index in [9.17, 15) is 0 Å². The van der Waals surface area contributed by atoms with Crippen molar-refractivity contribution in [3.05, 3.63) is 24.3 Å². The lowest BCUT2D eigenvalue weighted by atomic mass is 10.1. The van der Waals surface area contributed by atoms with Crippen LogP contribution in [0.25, 0.3) is 0 Å². The second kappa shape index (κ2) is 8.55. The van der Waals surface area contributed by atoms with Gasteiger partial charge in [0, 0.05) is 56.7 Å². The molecule has 0 bridgehead atoms. The lowest BCUT2D eigenvalue weighted by Crippen LogP contribution is -2.47. The van der Waals surface area contributed by atoms with E-state index in [-0.39, 0.29) is 6.04 Å². The van der Waals surface area contributed by atoms with Crippen molar-refractivity contribution in [1.82, 2.24) is 4.90 Å². The molecule has 3 N–H and O–H groups in total. The van der Waals surface area contributed by atoms with Crippen molar-refractivity contribution in [2.45, 2.75) is 33.7 Å². The molecule has 1 aromatic carbocycles. The second-order valence-corrected chi connectivity index (χ2v) is 7.52. The minimum absolute atomic E-state index is 0.198. The van der Waals surface area contributed by atoms with E-state index < -0.39 is 0 Å². The molecule has 0 amide bonds. The highest BCUT2D eigenvalue weighted by Crippen LogP contribution is 2.20. The molecule has 4 nitrogen and oxygen atoms in total. The van der Waals surface area contributed by atoms with Crippen molar-refractivity contribution >= 4 is 11.4 Å². The fraction of sp³-hybridized carbons (Fsp3) is 0.684. The fourth-order valence-corrected chi connectivity index (χ4v) is 2.97. The number of benzene rings is 1. The number of nitrogens with zero attached hydrogens (tertiary/aromatic N) is 2. The first-order valence-corrected chi connectivity index (χ1v) is 9.02. The molecule has 4 heteroatoms. The number of hydrogen-bond acceptors (Lipinski definition) is 4. The van der Waals surface area contributed by atoms with Crippen LogP contribution >= 0.6 is 0 Å². The Hall–Kier alpha value is -1.26. The van der Waals surface area contributed by atoms with Crippen LogP contribution < -0.4 is 16.0 Å². The van der Waals surface area contributed by atoms with Crippen LogP contribution in [-0.2, 0) is 0 Å². The molecule has 0 spiro atoms. The van der Waals surface area contributed by atoms with Gasteiger partial charge in [-0.15, -0.1) is 0 Å².